The molecule has 156 valence electrons. The van der Waals surface area contributed by atoms with E-state index in [-0.39, 0.29) is 11.9 Å². The van der Waals surface area contributed by atoms with Crippen molar-refractivity contribution in [2.75, 3.05) is 48.3 Å². The lowest BCUT2D eigenvalue weighted by Crippen LogP contribution is -2.46. The minimum atomic E-state index is -0.338. The third-order valence-electron chi connectivity index (χ3n) is 5.85. The molecule has 5 heteroatoms. The lowest BCUT2D eigenvalue weighted by atomic mass is 10.1. The number of hydrogen-bond acceptors (Lipinski definition) is 4. The number of fused-ring (bicyclic) bond motifs is 1. The summed E-state index contributed by atoms with van der Waals surface area (Å²) < 4.78 is 0. The topological polar surface area (TPSA) is 47.6 Å². The Morgan fingerprint density at radius 2 is 1.57 bits per heavy atom. The van der Waals surface area contributed by atoms with Gasteiger partial charge in [-0.15, -0.1) is 0 Å². The van der Waals surface area contributed by atoms with E-state index in [0.29, 0.717) is 0 Å². The molecule has 1 saturated heterocycles. The summed E-state index contributed by atoms with van der Waals surface area (Å²) in [5.41, 5.74) is 3.01. The van der Waals surface area contributed by atoms with E-state index >= 15 is 0 Å². The predicted molar refractivity (Wildman–Crippen MR) is 126 cm³/mol. The van der Waals surface area contributed by atoms with Gasteiger partial charge in [0, 0.05) is 43.2 Å². The van der Waals surface area contributed by atoms with Crippen LogP contribution in [0.5, 0.6) is 0 Å². The molecule has 4 rings (SSSR count). The first-order valence-electron chi connectivity index (χ1n) is 10.8. The van der Waals surface area contributed by atoms with Crippen molar-refractivity contribution in [3.05, 3.63) is 66.7 Å². The lowest BCUT2D eigenvalue weighted by Gasteiger charge is -2.35. The Kier molecular flexibility index (Phi) is 6.19. The van der Waals surface area contributed by atoms with E-state index in [4.69, 9.17) is 0 Å². The van der Waals surface area contributed by atoms with Crippen LogP contribution in [0.3, 0.4) is 0 Å². The van der Waals surface area contributed by atoms with Gasteiger partial charge in [-0.1, -0.05) is 37.3 Å². The molecule has 1 aliphatic heterocycles. The Labute approximate surface area is 178 Å². The van der Waals surface area contributed by atoms with E-state index in [1.807, 2.05) is 37.3 Å². The summed E-state index contributed by atoms with van der Waals surface area (Å²) in [4.78, 5) is 17.5. The summed E-state index contributed by atoms with van der Waals surface area (Å²) in [7, 11) is 0. The Hall–Kier alpha value is -3.05. The van der Waals surface area contributed by atoms with Crippen molar-refractivity contribution < 1.29 is 4.79 Å². The fraction of sp³-hybridized carbons (Fsp3) is 0.320. The summed E-state index contributed by atoms with van der Waals surface area (Å²) in [6.07, 6.45) is 0. The summed E-state index contributed by atoms with van der Waals surface area (Å²) in [5, 5.41) is 8.60. The number of likely N-dealkylation sites (N-methyl/N-ethyl adjacent to an activating group) is 1. The van der Waals surface area contributed by atoms with Gasteiger partial charge in [-0.3, -0.25) is 4.79 Å². The average molecular weight is 403 g/mol. The normalized spacial score (nSPS) is 15.7. The number of benzene rings is 3. The number of anilines is 3. The van der Waals surface area contributed by atoms with Gasteiger partial charge in [0.2, 0.25) is 5.91 Å². The zero-order valence-corrected chi connectivity index (χ0v) is 17.8. The number of piperazine rings is 1. The molecule has 1 aliphatic rings. The van der Waals surface area contributed by atoms with Crippen molar-refractivity contribution in [1.29, 1.82) is 0 Å². The summed E-state index contributed by atoms with van der Waals surface area (Å²) in [6, 6.07) is 22.2. The van der Waals surface area contributed by atoms with Gasteiger partial charge >= 0.3 is 0 Å². The van der Waals surface area contributed by atoms with Crippen LogP contribution in [-0.2, 0) is 4.79 Å². The fourth-order valence-electron chi connectivity index (χ4n) is 3.92. The molecule has 1 atom stereocenters. The van der Waals surface area contributed by atoms with E-state index in [9.17, 15) is 4.79 Å². The zero-order valence-electron chi connectivity index (χ0n) is 17.8. The maximum Gasteiger partial charge on any atom is 0.246 e. The lowest BCUT2D eigenvalue weighted by molar-refractivity contribution is -0.116. The molecule has 0 radical (unpaired) electrons. The van der Waals surface area contributed by atoms with Crippen LogP contribution in [0, 0.1) is 0 Å². The Bertz CT molecular complexity index is 993. The Morgan fingerprint density at radius 1 is 0.900 bits per heavy atom. The van der Waals surface area contributed by atoms with E-state index in [1.54, 1.807) is 0 Å². The SMILES string of the molecule is CCN1CCN(c2ccc(N[C@@H](C)C(=O)Nc3ccc4ccccc4c3)cc2)CC1. The molecule has 0 saturated carbocycles. The molecule has 1 fully saturated rings. The summed E-state index contributed by atoms with van der Waals surface area (Å²) in [6.45, 7) is 9.57. The molecule has 1 heterocycles. The molecule has 3 aromatic rings. The van der Waals surface area contributed by atoms with E-state index in [1.165, 1.54) is 5.69 Å². The Morgan fingerprint density at radius 3 is 2.27 bits per heavy atom. The van der Waals surface area contributed by atoms with Crippen molar-refractivity contribution >= 4 is 33.7 Å². The molecular formula is C25H30N4O. The first kappa shape index (κ1) is 20.2. The van der Waals surface area contributed by atoms with E-state index in [2.05, 4.69) is 63.8 Å². The second-order valence-electron chi connectivity index (χ2n) is 7.89. The van der Waals surface area contributed by atoms with Crippen molar-refractivity contribution in [1.82, 2.24) is 4.90 Å². The largest absolute Gasteiger partial charge is 0.374 e. The molecule has 0 spiro atoms. The molecule has 2 N–H and O–H groups in total. The van der Waals surface area contributed by atoms with Gasteiger partial charge in [-0.2, -0.15) is 0 Å². The van der Waals surface area contributed by atoms with Crippen LogP contribution >= 0.6 is 0 Å². The highest BCUT2D eigenvalue weighted by Gasteiger charge is 2.16. The minimum absolute atomic E-state index is 0.0509. The molecule has 3 aromatic carbocycles. The second kappa shape index (κ2) is 9.18. The van der Waals surface area contributed by atoms with Gasteiger partial charge in [0.15, 0.2) is 0 Å². The number of hydrogen-bond donors (Lipinski definition) is 2. The molecule has 0 unspecified atom stereocenters. The van der Waals surface area contributed by atoms with Crippen LogP contribution in [0.25, 0.3) is 10.8 Å². The predicted octanol–water partition coefficient (Wildman–Crippen LogP) is 4.42. The molecular weight excluding hydrogens is 372 g/mol. The maximum atomic E-state index is 12.6. The maximum absolute atomic E-state index is 12.6. The molecule has 0 aliphatic carbocycles. The van der Waals surface area contributed by atoms with Crippen LogP contribution < -0.4 is 15.5 Å². The van der Waals surface area contributed by atoms with E-state index in [0.717, 1.165) is 54.9 Å². The van der Waals surface area contributed by atoms with Crippen LogP contribution in [0.1, 0.15) is 13.8 Å². The minimum Gasteiger partial charge on any atom is -0.374 e. The van der Waals surface area contributed by atoms with Crippen molar-refractivity contribution in [2.45, 2.75) is 19.9 Å². The number of nitrogens with zero attached hydrogens (tertiary/aromatic N) is 2. The van der Waals surface area contributed by atoms with Gasteiger partial charge < -0.3 is 20.4 Å². The standard InChI is InChI=1S/C25H30N4O/c1-3-28-14-16-29(17-15-28)24-12-10-22(11-13-24)26-19(2)25(30)27-23-9-8-20-6-4-5-7-21(20)18-23/h4-13,18-19,26H,3,14-17H2,1-2H3,(H,27,30)/t19-/m0/s1. The first-order chi connectivity index (χ1) is 14.6. The number of carbonyl (C=O) groups is 1. The van der Waals surface area contributed by atoms with E-state index < -0.39 is 0 Å². The zero-order chi connectivity index (χ0) is 20.9. The summed E-state index contributed by atoms with van der Waals surface area (Å²) in [5.74, 6) is -0.0509. The third-order valence-corrected chi connectivity index (χ3v) is 5.85. The van der Waals surface area contributed by atoms with Gasteiger partial charge in [0.05, 0.1) is 0 Å². The van der Waals surface area contributed by atoms with Crippen LogP contribution in [0.15, 0.2) is 66.7 Å². The summed E-state index contributed by atoms with van der Waals surface area (Å²) >= 11 is 0. The molecule has 1 amide bonds. The Balaban J connectivity index is 1.33. The molecule has 0 bridgehead atoms. The smallest absolute Gasteiger partial charge is 0.246 e. The van der Waals surface area contributed by atoms with Crippen molar-refractivity contribution in [2.24, 2.45) is 0 Å². The van der Waals surface area contributed by atoms with Gasteiger partial charge in [0.25, 0.3) is 0 Å². The van der Waals surface area contributed by atoms with Crippen LogP contribution in [0.4, 0.5) is 17.1 Å². The average Bonchev–Trinajstić information content (AvgIpc) is 2.79. The molecule has 5 nitrogen and oxygen atoms in total. The molecule has 30 heavy (non-hydrogen) atoms. The highest BCUT2D eigenvalue weighted by molar-refractivity contribution is 5.98. The van der Waals surface area contributed by atoms with Crippen LogP contribution in [-0.4, -0.2) is 49.6 Å². The number of nitrogens with one attached hydrogen (secondary N) is 2. The van der Waals surface area contributed by atoms with Crippen LogP contribution in [0.2, 0.25) is 0 Å². The van der Waals surface area contributed by atoms with Gasteiger partial charge in [0.1, 0.15) is 6.04 Å². The third kappa shape index (κ3) is 4.74. The fourth-order valence-corrected chi connectivity index (χ4v) is 3.92. The molecule has 0 aromatic heterocycles. The second-order valence-corrected chi connectivity index (χ2v) is 7.89. The number of rotatable bonds is 6. The quantitative estimate of drug-likeness (QED) is 0.641. The van der Waals surface area contributed by atoms with Crippen molar-refractivity contribution in [3.63, 3.8) is 0 Å². The monoisotopic (exact) mass is 402 g/mol. The number of amides is 1. The number of carbonyl (C=O) groups excluding carboxylic acids is 1. The van der Waals surface area contributed by atoms with Gasteiger partial charge in [-0.05, 0) is 60.6 Å². The van der Waals surface area contributed by atoms with Gasteiger partial charge in [-0.25, -0.2) is 0 Å². The highest BCUT2D eigenvalue weighted by atomic mass is 16.2. The highest BCUT2D eigenvalue weighted by Crippen LogP contribution is 2.21. The van der Waals surface area contributed by atoms with Crippen molar-refractivity contribution in [3.8, 4) is 0 Å². The first-order valence-corrected chi connectivity index (χ1v) is 10.8.